The molecule has 0 amide bonds. The van der Waals surface area contributed by atoms with Crippen molar-refractivity contribution < 1.29 is 0 Å². The van der Waals surface area contributed by atoms with Crippen LogP contribution in [0.3, 0.4) is 0 Å². The molecule has 2 aliphatic rings. The van der Waals surface area contributed by atoms with Gasteiger partial charge in [-0.05, 0) is 48.9 Å². The van der Waals surface area contributed by atoms with Gasteiger partial charge in [0.25, 0.3) is 0 Å². The van der Waals surface area contributed by atoms with Gasteiger partial charge < -0.3 is 5.32 Å². The summed E-state index contributed by atoms with van der Waals surface area (Å²) in [6, 6.07) is 8.98. The topological polar surface area (TPSA) is 12.0 Å². The first kappa shape index (κ1) is 7.57. The van der Waals surface area contributed by atoms with Gasteiger partial charge in [0.05, 0.1) is 0 Å². The minimum Gasteiger partial charge on any atom is -0.316 e. The lowest BCUT2D eigenvalue weighted by Crippen LogP contribution is -2.33. The average Bonchev–Trinajstić information content (AvgIpc) is 2.56. The van der Waals surface area contributed by atoms with Crippen LogP contribution in [0.2, 0.25) is 0 Å². The first-order valence-electron chi connectivity index (χ1n) is 5.23. The van der Waals surface area contributed by atoms with Gasteiger partial charge in [-0.15, -0.1) is 0 Å². The second-order valence-electron chi connectivity index (χ2n) is 4.26. The van der Waals surface area contributed by atoms with Crippen molar-refractivity contribution in [2.45, 2.75) is 18.8 Å². The highest BCUT2D eigenvalue weighted by molar-refractivity contribution is 5.36. The number of fused-ring (bicyclic) bond motifs is 3. The van der Waals surface area contributed by atoms with E-state index in [1.165, 1.54) is 25.9 Å². The highest BCUT2D eigenvalue weighted by atomic mass is 14.9. The van der Waals surface area contributed by atoms with Gasteiger partial charge in [-0.3, -0.25) is 0 Å². The molecular formula is C12H15N. The molecule has 1 nitrogen and oxygen atoms in total. The Labute approximate surface area is 79.2 Å². The van der Waals surface area contributed by atoms with Gasteiger partial charge in [0, 0.05) is 0 Å². The van der Waals surface area contributed by atoms with Crippen molar-refractivity contribution in [1.82, 2.24) is 5.32 Å². The van der Waals surface area contributed by atoms with E-state index >= 15 is 0 Å². The van der Waals surface area contributed by atoms with E-state index in [4.69, 9.17) is 0 Å². The number of piperidine rings is 1. The van der Waals surface area contributed by atoms with Crippen LogP contribution in [0.5, 0.6) is 0 Å². The smallest absolute Gasteiger partial charge is 0.00115 e. The zero-order valence-corrected chi connectivity index (χ0v) is 7.79. The molecule has 1 heteroatoms. The quantitative estimate of drug-likeness (QED) is 0.632. The number of hydrogen-bond acceptors (Lipinski definition) is 1. The molecule has 1 aliphatic heterocycles. The summed E-state index contributed by atoms with van der Waals surface area (Å²) in [5.74, 6) is 1.74. The van der Waals surface area contributed by atoms with Crippen LogP contribution < -0.4 is 5.32 Å². The lowest BCUT2D eigenvalue weighted by molar-refractivity contribution is 0.349. The Morgan fingerprint density at radius 2 is 2.15 bits per heavy atom. The maximum Gasteiger partial charge on any atom is -0.00115 e. The first-order valence-corrected chi connectivity index (χ1v) is 5.23. The molecule has 68 valence electrons. The predicted molar refractivity (Wildman–Crippen MR) is 53.9 cm³/mol. The van der Waals surface area contributed by atoms with Crippen LogP contribution in [0, 0.1) is 5.92 Å². The van der Waals surface area contributed by atoms with Crippen molar-refractivity contribution in [2.75, 3.05) is 13.1 Å². The molecule has 0 saturated carbocycles. The molecule has 0 bridgehead atoms. The van der Waals surface area contributed by atoms with E-state index in [-0.39, 0.29) is 0 Å². The molecule has 2 atom stereocenters. The molecule has 1 aliphatic carbocycles. The summed E-state index contributed by atoms with van der Waals surface area (Å²) in [5.41, 5.74) is 3.23. The minimum absolute atomic E-state index is 0.859. The molecule has 1 aromatic carbocycles. The van der Waals surface area contributed by atoms with Crippen molar-refractivity contribution in [3.05, 3.63) is 35.4 Å². The number of benzene rings is 1. The zero-order valence-electron chi connectivity index (χ0n) is 7.79. The highest BCUT2D eigenvalue weighted by Gasteiger charge is 2.33. The van der Waals surface area contributed by atoms with Crippen molar-refractivity contribution >= 4 is 0 Å². The summed E-state index contributed by atoms with van der Waals surface area (Å²) >= 11 is 0. The molecule has 0 spiro atoms. The minimum atomic E-state index is 0.859. The Morgan fingerprint density at radius 3 is 3.15 bits per heavy atom. The fraction of sp³-hybridized carbons (Fsp3) is 0.500. The number of hydrogen-bond donors (Lipinski definition) is 1. The lowest BCUT2D eigenvalue weighted by atomic mass is 9.87. The van der Waals surface area contributed by atoms with Crippen molar-refractivity contribution in [3.8, 4) is 0 Å². The monoisotopic (exact) mass is 173 g/mol. The van der Waals surface area contributed by atoms with Gasteiger partial charge in [-0.25, -0.2) is 0 Å². The molecule has 1 saturated heterocycles. The molecule has 1 N–H and O–H groups in total. The van der Waals surface area contributed by atoms with Crippen LogP contribution in [0.15, 0.2) is 24.3 Å². The summed E-state index contributed by atoms with van der Waals surface area (Å²) in [6.45, 7) is 2.43. The molecule has 1 aromatic rings. The van der Waals surface area contributed by atoms with E-state index in [1.54, 1.807) is 11.1 Å². The Balaban J connectivity index is 2.01. The molecule has 13 heavy (non-hydrogen) atoms. The van der Waals surface area contributed by atoms with Crippen molar-refractivity contribution in [1.29, 1.82) is 0 Å². The Kier molecular flexibility index (Phi) is 1.66. The molecular weight excluding hydrogens is 158 g/mol. The van der Waals surface area contributed by atoms with Gasteiger partial charge in [-0.2, -0.15) is 0 Å². The number of nitrogens with one attached hydrogen (secondary N) is 1. The van der Waals surface area contributed by atoms with Crippen LogP contribution in [-0.4, -0.2) is 13.1 Å². The van der Waals surface area contributed by atoms with E-state index in [2.05, 4.69) is 29.6 Å². The second-order valence-corrected chi connectivity index (χ2v) is 4.26. The van der Waals surface area contributed by atoms with Gasteiger partial charge >= 0.3 is 0 Å². The first-order chi connectivity index (χ1) is 6.45. The van der Waals surface area contributed by atoms with E-state index in [0.717, 1.165) is 11.8 Å². The third-order valence-electron chi connectivity index (χ3n) is 3.54. The Hall–Kier alpha value is -0.820. The van der Waals surface area contributed by atoms with Crippen LogP contribution in [0.25, 0.3) is 0 Å². The van der Waals surface area contributed by atoms with Crippen molar-refractivity contribution in [3.63, 3.8) is 0 Å². The van der Waals surface area contributed by atoms with Crippen LogP contribution in [-0.2, 0) is 6.42 Å². The zero-order chi connectivity index (χ0) is 8.67. The summed E-state index contributed by atoms with van der Waals surface area (Å²) in [5, 5.41) is 3.49. The molecule has 0 aromatic heterocycles. The summed E-state index contributed by atoms with van der Waals surface area (Å²) in [4.78, 5) is 0. The molecule has 1 heterocycles. The van der Waals surface area contributed by atoms with Crippen LogP contribution >= 0.6 is 0 Å². The fourth-order valence-corrected chi connectivity index (χ4v) is 2.91. The SMILES string of the molecule is c1ccc2c(c1)CC1CNCCC21. The Morgan fingerprint density at radius 1 is 1.23 bits per heavy atom. The molecule has 2 unspecified atom stereocenters. The third kappa shape index (κ3) is 1.11. The van der Waals surface area contributed by atoms with Gasteiger partial charge in [0.1, 0.15) is 0 Å². The maximum atomic E-state index is 3.49. The van der Waals surface area contributed by atoms with Gasteiger partial charge in [-0.1, -0.05) is 24.3 Å². The van der Waals surface area contributed by atoms with E-state index < -0.39 is 0 Å². The normalized spacial score (nSPS) is 31.1. The van der Waals surface area contributed by atoms with Crippen LogP contribution in [0.4, 0.5) is 0 Å². The molecule has 3 rings (SSSR count). The lowest BCUT2D eigenvalue weighted by Gasteiger charge is -2.26. The van der Waals surface area contributed by atoms with E-state index in [9.17, 15) is 0 Å². The number of rotatable bonds is 0. The van der Waals surface area contributed by atoms with Crippen LogP contribution in [0.1, 0.15) is 23.5 Å². The average molecular weight is 173 g/mol. The third-order valence-corrected chi connectivity index (χ3v) is 3.54. The highest BCUT2D eigenvalue weighted by Crippen LogP contribution is 2.40. The van der Waals surface area contributed by atoms with E-state index in [0.29, 0.717) is 0 Å². The van der Waals surface area contributed by atoms with E-state index in [1.807, 2.05) is 0 Å². The van der Waals surface area contributed by atoms with Crippen molar-refractivity contribution in [2.24, 2.45) is 5.92 Å². The summed E-state index contributed by atoms with van der Waals surface area (Å²) in [7, 11) is 0. The standard InChI is InChI=1S/C12H15N/c1-2-4-11-9(3-1)7-10-8-13-6-5-12(10)11/h1-4,10,12-13H,5-8H2. The largest absolute Gasteiger partial charge is 0.316 e. The predicted octanol–water partition coefficient (Wildman–Crippen LogP) is 1.94. The van der Waals surface area contributed by atoms with Gasteiger partial charge in [0.15, 0.2) is 0 Å². The summed E-state index contributed by atoms with van der Waals surface area (Å²) in [6.07, 6.45) is 2.63. The molecule has 1 fully saturated rings. The maximum absolute atomic E-state index is 3.49. The molecule has 0 radical (unpaired) electrons. The fourth-order valence-electron chi connectivity index (χ4n) is 2.91. The van der Waals surface area contributed by atoms with Gasteiger partial charge in [0.2, 0.25) is 0 Å². The Bertz CT molecular complexity index is 319. The summed E-state index contributed by atoms with van der Waals surface area (Å²) < 4.78 is 0. The second kappa shape index (κ2) is 2.85.